The molecule has 31 heavy (non-hydrogen) atoms. The molecule has 0 saturated carbocycles. The van der Waals surface area contributed by atoms with Crippen molar-refractivity contribution in [3.05, 3.63) is 58.0 Å². The number of hydrogen-bond donors (Lipinski definition) is 2. The van der Waals surface area contributed by atoms with Gasteiger partial charge in [-0.1, -0.05) is 35.3 Å². The summed E-state index contributed by atoms with van der Waals surface area (Å²) in [4.78, 5) is 15.7. The summed E-state index contributed by atoms with van der Waals surface area (Å²) in [6.07, 6.45) is 5.74. The summed E-state index contributed by atoms with van der Waals surface area (Å²) in [7, 11) is 0. The maximum Gasteiger partial charge on any atom is 0.180 e. The van der Waals surface area contributed by atoms with E-state index in [4.69, 9.17) is 43.3 Å². The molecule has 1 aliphatic rings. The molecule has 1 fully saturated rings. The van der Waals surface area contributed by atoms with E-state index in [0.29, 0.717) is 39.4 Å². The number of nitrogens with two attached hydrogens (primary N) is 1. The Labute approximate surface area is 191 Å². The van der Waals surface area contributed by atoms with Crippen molar-refractivity contribution < 1.29 is 9.52 Å². The zero-order valence-electron chi connectivity index (χ0n) is 17.3. The Hall–Kier alpha value is -2.19. The lowest BCUT2D eigenvalue weighted by molar-refractivity contribution is 0.211. The van der Waals surface area contributed by atoms with Crippen LogP contribution >= 0.6 is 23.2 Å². The Kier molecular flexibility index (Phi) is 6.48. The summed E-state index contributed by atoms with van der Waals surface area (Å²) in [5.41, 5.74) is 8.70. The summed E-state index contributed by atoms with van der Waals surface area (Å²) < 4.78 is 5.44. The minimum absolute atomic E-state index is 0.0356. The number of aryl methyl sites for hydroxylation is 1. The van der Waals surface area contributed by atoms with E-state index in [1.165, 1.54) is 6.39 Å². The second kappa shape index (κ2) is 9.12. The first-order valence-electron chi connectivity index (χ1n) is 10.2. The fourth-order valence-corrected chi connectivity index (χ4v) is 4.58. The molecular weight excluding hydrogens is 437 g/mol. The quantitative estimate of drug-likeness (QED) is 0.571. The second-order valence-corrected chi connectivity index (χ2v) is 8.81. The van der Waals surface area contributed by atoms with Gasteiger partial charge in [-0.2, -0.15) is 0 Å². The van der Waals surface area contributed by atoms with Crippen molar-refractivity contribution in [3.8, 4) is 11.3 Å². The van der Waals surface area contributed by atoms with E-state index in [0.717, 1.165) is 43.8 Å². The van der Waals surface area contributed by atoms with Crippen molar-refractivity contribution >= 4 is 29.0 Å². The standard InChI is InChI=1S/C22H25Cl2N5O2/c1-14-20(16-3-2-4-17(23)19(16)24)28-18(11-30)21(27-14)29-7-5-22(12-25,6-8-29)9-15-10-26-13-31-15/h2-4,10,13,30H,5-9,11-12,25H2,1H3. The van der Waals surface area contributed by atoms with Gasteiger partial charge in [0.05, 0.1) is 34.2 Å². The molecule has 1 aromatic carbocycles. The third-order valence-electron chi connectivity index (χ3n) is 6.07. The first-order valence-corrected chi connectivity index (χ1v) is 11.0. The molecule has 3 N–H and O–H groups in total. The van der Waals surface area contributed by atoms with Gasteiger partial charge in [-0.25, -0.2) is 15.0 Å². The zero-order chi connectivity index (χ0) is 22.0. The van der Waals surface area contributed by atoms with Crippen LogP contribution in [0.25, 0.3) is 11.3 Å². The first-order chi connectivity index (χ1) is 15.0. The lowest BCUT2D eigenvalue weighted by atomic mass is 9.75. The second-order valence-electron chi connectivity index (χ2n) is 8.02. The number of nitrogens with zero attached hydrogens (tertiary/aromatic N) is 4. The molecule has 0 radical (unpaired) electrons. The smallest absolute Gasteiger partial charge is 0.180 e. The average molecular weight is 462 g/mol. The van der Waals surface area contributed by atoms with Crippen molar-refractivity contribution in [2.24, 2.45) is 11.1 Å². The van der Waals surface area contributed by atoms with E-state index in [1.807, 2.05) is 19.1 Å². The Balaban J connectivity index is 1.59. The van der Waals surface area contributed by atoms with Gasteiger partial charge in [0.15, 0.2) is 12.2 Å². The van der Waals surface area contributed by atoms with Crippen LogP contribution in [0, 0.1) is 12.3 Å². The number of anilines is 1. The van der Waals surface area contributed by atoms with E-state index in [2.05, 4.69) is 9.88 Å². The third kappa shape index (κ3) is 4.41. The molecule has 2 aromatic heterocycles. The van der Waals surface area contributed by atoms with Crippen LogP contribution in [-0.4, -0.2) is 39.7 Å². The lowest BCUT2D eigenvalue weighted by Crippen LogP contribution is -2.45. The van der Waals surface area contributed by atoms with Gasteiger partial charge in [0, 0.05) is 25.1 Å². The molecule has 0 spiro atoms. The number of oxazole rings is 1. The average Bonchev–Trinajstić information content (AvgIpc) is 3.29. The lowest BCUT2D eigenvalue weighted by Gasteiger charge is -2.41. The minimum Gasteiger partial charge on any atom is -0.449 e. The van der Waals surface area contributed by atoms with Crippen LogP contribution in [0.1, 0.15) is 30.0 Å². The van der Waals surface area contributed by atoms with Crippen LogP contribution in [0.4, 0.5) is 5.82 Å². The van der Waals surface area contributed by atoms with Crippen molar-refractivity contribution in [3.63, 3.8) is 0 Å². The van der Waals surface area contributed by atoms with E-state index < -0.39 is 0 Å². The van der Waals surface area contributed by atoms with Gasteiger partial charge in [0.1, 0.15) is 11.5 Å². The molecule has 1 saturated heterocycles. The van der Waals surface area contributed by atoms with Crippen LogP contribution in [0.3, 0.4) is 0 Å². The highest BCUT2D eigenvalue weighted by molar-refractivity contribution is 6.43. The van der Waals surface area contributed by atoms with E-state index in [-0.39, 0.29) is 12.0 Å². The Morgan fingerprint density at radius 3 is 2.65 bits per heavy atom. The van der Waals surface area contributed by atoms with Crippen LogP contribution in [0.5, 0.6) is 0 Å². The molecule has 0 amide bonds. The Morgan fingerprint density at radius 1 is 1.23 bits per heavy atom. The molecule has 3 aromatic rings. The monoisotopic (exact) mass is 461 g/mol. The molecule has 0 aliphatic carbocycles. The molecule has 9 heteroatoms. The number of rotatable bonds is 6. The predicted molar refractivity (Wildman–Crippen MR) is 121 cm³/mol. The molecule has 3 heterocycles. The summed E-state index contributed by atoms with van der Waals surface area (Å²) in [6, 6.07) is 5.41. The Bertz CT molecular complexity index is 1050. The van der Waals surface area contributed by atoms with Crippen molar-refractivity contribution in [2.75, 3.05) is 24.5 Å². The van der Waals surface area contributed by atoms with Crippen LogP contribution in [-0.2, 0) is 13.0 Å². The largest absolute Gasteiger partial charge is 0.449 e. The highest BCUT2D eigenvalue weighted by atomic mass is 35.5. The van der Waals surface area contributed by atoms with Gasteiger partial charge in [0.2, 0.25) is 0 Å². The molecule has 7 nitrogen and oxygen atoms in total. The summed E-state index contributed by atoms with van der Waals surface area (Å²) >= 11 is 12.6. The SMILES string of the molecule is Cc1nc(N2CCC(CN)(Cc3cnco3)CC2)c(CO)nc1-c1cccc(Cl)c1Cl. The third-order valence-corrected chi connectivity index (χ3v) is 6.89. The highest BCUT2D eigenvalue weighted by Crippen LogP contribution is 2.38. The van der Waals surface area contributed by atoms with E-state index in [1.54, 1.807) is 12.3 Å². The number of aromatic nitrogens is 3. The molecule has 0 atom stereocenters. The first kappa shape index (κ1) is 22.0. The predicted octanol–water partition coefficient (Wildman–Crippen LogP) is 4.03. The minimum atomic E-state index is -0.218. The topological polar surface area (TPSA) is 101 Å². The fourth-order valence-electron chi connectivity index (χ4n) is 4.19. The van der Waals surface area contributed by atoms with Gasteiger partial charge < -0.3 is 20.2 Å². The van der Waals surface area contributed by atoms with Crippen molar-refractivity contribution in [2.45, 2.75) is 32.8 Å². The zero-order valence-corrected chi connectivity index (χ0v) is 18.8. The normalized spacial score (nSPS) is 16.0. The number of piperidine rings is 1. The molecule has 0 unspecified atom stereocenters. The number of benzene rings is 1. The van der Waals surface area contributed by atoms with Gasteiger partial charge in [0.25, 0.3) is 0 Å². The van der Waals surface area contributed by atoms with E-state index in [9.17, 15) is 5.11 Å². The maximum atomic E-state index is 10.0. The number of halogens is 2. The molecule has 1 aliphatic heterocycles. The summed E-state index contributed by atoms with van der Waals surface area (Å²) in [5.74, 6) is 1.56. The Morgan fingerprint density at radius 2 is 2.00 bits per heavy atom. The number of aliphatic hydroxyl groups excluding tert-OH is 1. The summed E-state index contributed by atoms with van der Waals surface area (Å²) in [5, 5.41) is 10.9. The maximum absolute atomic E-state index is 10.0. The molecule has 4 rings (SSSR count). The van der Waals surface area contributed by atoms with Crippen LogP contribution < -0.4 is 10.6 Å². The molecule has 0 bridgehead atoms. The van der Waals surface area contributed by atoms with Gasteiger partial charge in [-0.05, 0) is 37.8 Å². The molecule has 164 valence electrons. The van der Waals surface area contributed by atoms with Crippen molar-refractivity contribution in [1.29, 1.82) is 0 Å². The highest BCUT2D eigenvalue weighted by Gasteiger charge is 2.35. The van der Waals surface area contributed by atoms with Gasteiger partial charge in [-0.15, -0.1) is 0 Å². The number of hydrogen-bond acceptors (Lipinski definition) is 7. The summed E-state index contributed by atoms with van der Waals surface area (Å²) in [6.45, 7) is 3.78. The number of aliphatic hydroxyl groups is 1. The fraction of sp³-hybridized carbons (Fsp3) is 0.409. The van der Waals surface area contributed by atoms with Crippen LogP contribution in [0.2, 0.25) is 10.0 Å². The van der Waals surface area contributed by atoms with Crippen molar-refractivity contribution in [1.82, 2.24) is 15.0 Å². The molecular formula is C22H25Cl2N5O2. The van der Waals surface area contributed by atoms with Gasteiger partial charge >= 0.3 is 0 Å². The van der Waals surface area contributed by atoms with E-state index >= 15 is 0 Å². The van der Waals surface area contributed by atoms with Crippen LogP contribution in [0.15, 0.2) is 35.2 Å². The van der Waals surface area contributed by atoms with Gasteiger partial charge in [-0.3, -0.25) is 0 Å².